The van der Waals surface area contributed by atoms with Gasteiger partial charge in [-0.1, -0.05) is 6.07 Å². The normalized spacial score (nSPS) is 29.5. The number of hydrogen-bond acceptors (Lipinski definition) is 4. The molecule has 0 atom stereocenters. The highest BCUT2D eigenvalue weighted by Gasteiger charge is 2.37. The number of nitrogens with one attached hydrogen (secondary N) is 1. The van der Waals surface area contributed by atoms with Crippen molar-refractivity contribution in [3.05, 3.63) is 23.8 Å². The number of nitrogen functional groups attached to an aromatic ring is 1. The summed E-state index contributed by atoms with van der Waals surface area (Å²) in [4.78, 5) is 2.72. The summed E-state index contributed by atoms with van der Waals surface area (Å²) in [6, 6.07) is 6.77. The molecule has 4 nitrogen and oxygen atoms in total. The van der Waals surface area contributed by atoms with Crippen molar-refractivity contribution in [2.45, 2.75) is 70.1 Å². The van der Waals surface area contributed by atoms with Crippen molar-refractivity contribution in [2.75, 3.05) is 31.2 Å². The van der Waals surface area contributed by atoms with E-state index in [9.17, 15) is 0 Å². The molecule has 1 saturated heterocycles. The van der Waals surface area contributed by atoms with Crippen molar-refractivity contribution in [3.63, 3.8) is 0 Å². The average molecular weight is 332 g/mol. The van der Waals surface area contributed by atoms with Crippen LogP contribution in [0.2, 0.25) is 0 Å². The Morgan fingerprint density at radius 1 is 1.17 bits per heavy atom. The number of ether oxygens (including phenoxy) is 1. The maximum Gasteiger partial charge on any atom is 0.0578 e. The Morgan fingerprint density at radius 2 is 1.83 bits per heavy atom. The predicted octanol–water partition coefficient (Wildman–Crippen LogP) is 3.80. The Bertz CT molecular complexity index is 544. The molecule has 0 bridgehead atoms. The summed E-state index contributed by atoms with van der Waals surface area (Å²) in [7, 11) is 1.85. The van der Waals surface area contributed by atoms with E-state index < -0.39 is 0 Å². The molecule has 24 heavy (non-hydrogen) atoms. The smallest absolute Gasteiger partial charge is 0.0578 e. The first kappa shape index (κ1) is 17.6. The lowest BCUT2D eigenvalue weighted by atomic mass is 9.79. The second-order valence-electron chi connectivity index (χ2n) is 7.93. The van der Waals surface area contributed by atoms with Crippen molar-refractivity contribution in [1.29, 1.82) is 0 Å². The highest BCUT2D eigenvalue weighted by Crippen LogP contribution is 2.36. The van der Waals surface area contributed by atoms with E-state index in [1.54, 1.807) is 0 Å². The van der Waals surface area contributed by atoms with Gasteiger partial charge in [0.1, 0.15) is 0 Å². The fourth-order valence-electron chi connectivity index (χ4n) is 4.34. The number of nitrogens with zero attached hydrogens (tertiary/aromatic N) is 1. The van der Waals surface area contributed by atoms with Gasteiger partial charge in [-0.2, -0.15) is 0 Å². The van der Waals surface area contributed by atoms with E-state index in [0.29, 0.717) is 17.7 Å². The predicted molar refractivity (Wildman–Crippen MR) is 101 cm³/mol. The van der Waals surface area contributed by atoms with Crippen LogP contribution >= 0.6 is 0 Å². The van der Waals surface area contributed by atoms with Crippen LogP contribution in [0.3, 0.4) is 0 Å². The van der Waals surface area contributed by atoms with E-state index in [1.807, 2.05) is 13.2 Å². The Labute approximate surface area is 146 Å². The molecule has 0 spiro atoms. The van der Waals surface area contributed by atoms with E-state index >= 15 is 0 Å². The van der Waals surface area contributed by atoms with Gasteiger partial charge in [0, 0.05) is 31.8 Å². The number of benzene rings is 1. The van der Waals surface area contributed by atoms with E-state index in [4.69, 9.17) is 10.5 Å². The molecule has 0 aromatic heterocycles. The molecule has 1 saturated carbocycles. The zero-order valence-electron chi connectivity index (χ0n) is 15.5. The minimum atomic E-state index is 0.363. The second-order valence-corrected chi connectivity index (χ2v) is 7.93. The number of rotatable bonds is 4. The molecule has 134 valence electrons. The molecule has 3 N–H and O–H groups in total. The van der Waals surface area contributed by atoms with Gasteiger partial charge in [-0.05, 0) is 70.1 Å². The SMILES string of the molecule is CO[C@H]1CC[C@](C)(N2CCC(Nc3cc(C)ccc3N)CC2)CC1. The van der Waals surface area contributed by atoms with Crippen LogP contribution in [0.1, 0.15) is 51.0 Å². The maximum atomic E-state index is 6.11. The van der Waals surface area contributed by atoms with E-state index in [1.165, 1.54) is 57.2 Å². The summed E-state index contributed by atoms with van der Waals surface area (Å²) >= 11 is 0. The highest BCUT2D eigenvalue weighted by atomic mass is 16.5. The third kappa shape index (κ3) is 3.86. The number of anilines is 2. The molecule has 4 heteroatoms. The summed E-state index contributed by atoms with van der Waals surface area (Å²) in [5.74, 6) is 0. The molecule has 1 aliphatic carbocycles. The lowest BCUT2D eigenvalue weighted by Gasteiger charge is -2.48. The molecule has 2 fully saturated rings. The third-order valence-corrected chi connectivity index (χ3v) is 6.17. The molecule has 0 radical (unpaired) electrons. The van der Waals surface area contributed by atoms with Gasteiger partial charge in [0.2, 0.25) is 0 Å². The van der Waals surface area contributed by atoms with Crippen molar-refractivity contribution in [2.24, 2.45) is 0 Å². The number of likely N-dealkylation sites (tertiary alicyclic amines) is 1. The Kier molecular flexibility index (Phi) is 5.36. The molecular formula is C20H33N3O. The number of aryl methyl sites for hydroxylation is 1. The highest BCUT2D eigenvalue weighted by molar-refractivity contribution is 5.67. The van der Waals surface area contributed by atoms with Crippen molar-refractivity contribution >= 4 is 11.4 Å². The fourth-order valence-corrected chi connectivity index (χ4v) is 4.34. The third-order valence-electron chi connectivity index (χ3n) is 6.17. The molecule has 1 heterocycles. The number of hydrogen-bond donors (Lipinski definition) is 2. The van der Waals surface area contributed by atoms with E-state index in [-0.39, 0.29) is 0 Å². The van der Waals surface area contributed by atoms with E-state index in [0.717, 1.165) is 11.4 Å². The summed E-state index contributed by atoms with van der Waals surface area (Å²) in [6.07, 6.45) is 7.77. The molecule has 3 rings (SSSR count). The van der Waals surface area contributed by atoms with Gasteiger partial charge in [-0.15, -0.1) is 0 Å². The van der Waals surface area contributed by atoms with Crippen LogP contribution in [0, 0.1) is 6.92 Å². The lowest BCUT2D eigenvalue weighted by Crippen LogP contribution is -2.53. The van der Waals surface area contributed by atoms with Crippen molar-refractivity contribution < 1.29 is 4.74 Å². The molecule has 1 aliphatic heterocycles. The van der Waals surface area contributed by atoms with Crippen molar-refractivity contribution in [1.82, 2.24) is 4.90 Å². The van der Waals surface area contributed by atoms with Crippen LogP contribution in [0.15, 0.2) is 18.2 Å². The number of nitrogens with two attached hydrogens (primary N) is 1. The van der Waals surface area contributed by atoms with Crippen LogP contribution in [0.5, 0.6) is 0 Å². The Hall–Kier alpha value is -1.26. The summed E-state index contributed by atoms with van der Waals surface area (Å²) in [6.45, 7) is 6.92. The quantitative estimate of drug-likeness (QED) is 0.824. The summed E-state index contributed by atoms with van der Waals surface area (Å²) < 4.78 is 5.54. The van der Waals surface area contributed by atoms with Gasteiger partial charge in [-0.25, -0.2) is 0 Å². The topological polar surface area (TPSA) is 50.5 Å². The average Bonchev–Trinajstić information content (AvgIpc) is 2.59. The van der Waals surface area contributed by atoms with Crippen LogP contribution in [0.25, 0.3) is 0 Å². The van der Waals surface area contributed by atoms with Gasteiger partial charge < -0.3 is 15.8 Å². The molecule has 0 amide bonds. The maximum absolute atomic E-state index is 6.11. The van der Waals surface area contributed by atoms with Crippen LogP contribution in [0.4, 0.5) is 11.4 Å². The van der Waals surface area contributed by atoms with Crippen molar-refractivity contribution in [3.8, 4) is 0 Å². The fraction of sp³-hybridized carbons (Fsp3) is 0.700. The van der Waals surface area contributed by atoms with Gasteiger partial charge in [0.15, 0.2) is 0 Å². The monoisotopic (exact) mass is 331 g/mol. The van der Waals surface area contributed by atoms with Crippen LogP contribution in [-0.4, -0.2) is 42.8 Å². The first-order valence-electron chi connectivity index (χ1n) is 9.41. The lowest BCUT2D eigenvalue weighted by molar-refractivity contribution is -0.0105. The van der Waals surface area contributed by atoms with Gasteiger partial charge in [0.05, 0.1) is 17.5 Å². The standard InChI is InChI=1S/C20H33N3O/c1-15-4-5-18(21)19(14-15)22-16-8-12-23(13-9-16)20(2)10-6-17(24-3)7-11-20/h4-5,14,16-17,22H,6-13,21H2,1-3H3/t17-,20-. The van der Waals surface area contributed by atoms with Crippen LogP contribution in [-0.2, 0) is 4.74 Å². The molecule has 0 unspecified atom stereocenters. The first-order chi connectivity index (χ1) is 11.5. The van der Waals surface area contributed by atoms with Crippen LogP contribution < -0.4 is 11.1 Å². The van der Waals surface area contributed by atoms with E-state index in [2.05, 4.69) is 36.2 Å². The molecule has 1 aromatic rings. The Balaban J connectivity index is 1.53. The summed E-state index contributed by atoms with van der Waals surface area (Å²) in [5, 5.41) is 3.67. The van der Waals surface area contributed by atoms with Gasteiger partial charge in [-0.3, -0.25) is 4.90 Å². The largest absolute Gasteiger partial charge is 0.397 e. The first-order valence-corrected chi connectivity index (χ1v) is 9.41. The Morgan fingerprint density at radius 3 is 2.46 bits per heavy atom. The second kappa shape index (κ2) is 7.32. The zero-order valence-corrected chi connectivity index (χ0v) is 15.5. The molecular weight excluding hydrogens is 298 g/mol. The minimum absolute atomic E-state index is 0.363. The number of piperidine rings is 1. The van der Waals surface area contributed by atoms with Gasteiger partial charge in [0.25, 0.3) is 0 Å². The zero-order chi connectivity index (χ0) is 17.2. The minimum Gasteiger partial charge on any atom is -0.397 e. The van der Waals surface area contributed by atoms with Gasteiger partial charge >= 0.3 is 0 Å². The molecule has 2 aliphatic rings. The molecule has 1 aromatic carbocycles. The number of methoxy groups -OCH3 is 1. The summed E-state index contributed by atoms with van der Waals surface area (Å²) in [5.41, 5.74) is 9.68.